The maximum absolute atomic E-state index is 11.6. The number of rotatable bonds is 2. The van der Waals surface area contributed by atoms with E-state index in [0.29, 0.717) is 11.6 Å². The molecule has 1 fully saturated rings. The maximum atomic E-state index is 11.6. The fourth-order valence-electron chi connectivity index (χ4n) is 2.40. The van der Waals surface area contributed by atoms with E-state index in [-0.39, 0.29) is 23.6 Å². The van der Waals surface area contributed by atoms with Crippen LogP contribution in [0.25, 0.3) is 0 Å². The Bertz CT molecular complexity index is 572. The minimum Gasteiger partial charge on any atom is -0.366 e. The van der Waals surface area contributed by atoms with Crippen LogP contribution in [0.4, 0.5) is 5.69 Å². The van der Waals surface area contributed by atoms with E-state index >= 15 is 0 Å². The van der Waals surface area contributed by atoms with Crippen LogP contribution in [-0.4, -0.2) is 32.5 Å². The van der Waals surface area contributed by atoms with Gasteiger partial charge >= 0.3 is 0 Å². The number of halogens is 1. The summed E-state index contributed by atoms with van der Waals surface area (Å²) in [4.78, 5) is 2.05. The molecule has 0 bridgehead atoms. The normalized spacial score (nSPS) is 24.2. The van der Waals surface area contributed by atoms with Crippen molar-refractivity contribution in [1.29, 1.82) is 0 Å². The van der Waals surface area contributed by atoms with E-state index in [4.69, 9.17) is 17.3 Å². The van der Waals surface area contributed by atoms with Crippen LogP contribution in [0, 0.1) is 0 Å². The zero-order valence-corrected chi connectivity index (χ0v) is 12.7. The van der Waals surface area contributed by atoms with E-state index < -0.39 is 9.84 Å². The summed E-state index contributed by atoms with van der Waals surface area (Å²) >= 11 is 6.30. The van der Waals surface area contributed by atoms with E-state index in [9.17, 15) is 8.42 Å². The molecule has 106 valence electrons. The molecule has 1 aliphatic rings. The number of anilines is 1. The molecule has 6 heteroatoms. The minimum absolute atomic E-state index is 0.0580. The molecule has 0 aliphatic carbocycles. The Morgan fingerprint density at radius 3 is 2.68 bits per heavy atom. The third-order valence-corrected chi connectivity index (χ3v) is 5.57. The van der Waals surface area contributed by atoms with Crippen LogP contribution >= 0.6 is 11.6 Å². The molecule has 4 nitrogen and oxygen atoms in total. The molecular formula is C13H19ClN2O2S. The highest BCUT2D eigenvalue weighted by atomic mass is 35.5. The molecule has 0 spiro atoms. The first-order chi connectivity index (χ1) is 8.80. The predicted octanol–water partition coefficient (Wildman–Crippen LogP) is 1.98. The van der Waals surface area contributed by atoms with Gasteiger partial charge in [0.2, 0.25) is 0 Å². The zero-order chi connectivity index (χ0) is 14.2. The van der Waals surface area contributed by atoms with Crippen molar-refractivity contribution in [1.82, 2.24) is 0 Å². The van der Waals surface area contributed by atoms with Crippen LogP contribution in [0.15, 0.2) is 18.2 Å². The van der Waals surface area contributed by atoms with Gasteiger partial charge < -0.3 is 10.6 Å². The summed E-state index contributed by atoms with van der Waals surface area (Å²) in [5.41, 5.74) is 7.68. The molecule has 1 aliphatic heterocycles. The van der Waals surface area contributed by atoms with Crippen molar-refractivity contribution in [2.75, 3.05) is 23.0 Å². The second kappa shape index (κ2) is 5.31. The standard InChI is InChI=1S/C13H19ClN2O2S/c1-9-8-19(17,18)6-5-16(9)13-4-3-11(10(2)15)7-12(13)14/h3-4,7,9-10H,5-6,8,15H2,1-2H3/t9?,10-/m1/s1. The topological polar surface area (TPSA) is 63.4 Å². The zero-order valence-electron chi connectivity index (χ0n) is 11.1. The highest BCUT2D eigenvalue weighted by Crippen LogP contribution is 2.31. The molecular weight excluding hydrogens is 284 g/mol. The molecule has 0 saturated carbocycles. The predicted molar refractivity (Wildman–Crippen MR) is 79.5 cm³/mol. The number of hydrogen-bond donors (Lipinski definition) is 1. The average Bonchev–Trinajstić information content (AvgIpc) is 2.29. The van der Waals surface area contributed by atoms with Gasteiger partial charge in [-0.1, -0.05) is 17.7 Å². The Kier molecular flexibility index (Phi) is 4.08. The number of nitrogens with two attached hydrogens (primary N) is 1. The van der Waals surface area contributed by atoms with Crippen molar-refractivity contribution < 1.29 is 8.42 Å². The van der Waals surface area contributed by atoms with E-state index in [2.05, 4.69) is 0 Å². The lowest BCUT2D eigenvalue weighted by molar-refractivity contribution is 0.568. The molecule has 2 N–H and O–H groups in total. The molecule has 0 aromatic heterocycles. The molecule has 1 saturated heterocycles. The highest BCUT2D eigenvalue weighted by molar-refractivity contribution is 7.91. The maximum Gasteiger partial charge on any atom is 0.154 e. The van der Waals surface area contributed by atoms with Crippen LogP contribution in [0.1, 0.15) is 25.5 Å². The smallest absolute Gasteiger partial charge is 0.154 e. The number of sulfone groups is 1. The van der Waals surface area contributed by atoms with Gasteiger partial charge in [-0.2, -0.15) is 0 Å². The third kappa shape index (κ3) is 3.22. The molecule has 1 heterocycles. The first-order valence-corrected chi connectivity index (χ1v) is 8.52. The summed E-state index contributed by atoms with van der Waals surface area (Å²) < 4.78 is 23.2. The molecule has 19 heavy (non-hydrogen) atoms. The monoisotopic (exact) mass is 302 g/mol. The second-order valence-corrected chi connectivity index (χ2v) is 7.79. The van der Waals surface area contributed by atoms with Crippen molar-refractivity contribution in [3.63, 3.8) is 0 Å². The molecule has 1 unspecified atom stereocenters. The van der Waals surface area contributed by atoms with Gasteiger partial charge in [0.15, 0.2) is 9.84 Å². The van der Waals surface area contributed by atoms with E-state index in [1.807, 2.05) is 36.9 Å². The number of hydrogen-bond acceptors (Lipinski definition) is 4. The molecule has 0 radical (unpaired) electrons. The minimum atomic E-state index is -2.91. The highest BCUT2D eigenvalue weighted by Gasteiger charge is 2.29. The Hall–Kier alpha value is -0.780. The quantitative estimate of drug-likeness (QED) is 0.907. The second-order valence-electron chi connectivity index (χ2n) is 5.16. The van der Waals surface area contributed by atoms with Gasteiger partial charge in [0.25, 0.3) is 0 Å². The Morgan fingerprint density at radius 1 is 1.47 bits per heavy atom. The third-order valence-electron chi connectivity index (χ3n) is 3.48. The molecule has 0 amide bonds. The van der Waals surface area contributed by atoms with Gasteiger partial charge in [0.1, 0.15) is 0 Å². The summed E-state index contributed by atoms with van der Waals surface area (Å²) in [6.45, 7) is 4.30. The Morgan fingerprint density at radius 2 is 2.16 bits per heavy atom. The molecule has 1 aromatic carbocycles. The van der Waals surface area contributed by atoms with Crippen molar-refractivity contribution in [3.8, 4) is 0 Å². The van der Waals surface area contributed by atoms with Crippen LogP contribution in [-0.2, 0) is 9.84 Å². The van der Waals surface area contributed by atoms with E-state index in [0.717, 1.165) is 11.3 Å². The Balaban J connectivity index is 2.28. The largest absolute Gasteiger partial charge is 0.366 e. The van der Waals surface area contributed by atoms with Crippen LogP contribution in [0.2, 0.25) is 5.02 Å². The average molecular weight is 303 g/mol. The fourth-order valence-corrected chi connectivity index (χ4v) is 4.25. The van der Waals surface area contributed by atoms with Crippen molar-refractivity contribution in [3.05, 3.63) is 28.8 Å². The SMILES string of the molecule is CC1CS(=O)(=O)CCN1c1ccc([C@@H](C)N)cc1Cl. The van der Waals surface area contributed by atoms with Gasteiger partial charge in [-0.15, -0.1) is 0 Å². The lowest BCUT2D eigenvalue weighted by Gasteiger charge is -2.35. The summed E-state index contributed by atoms with van der Waals surface area (Å²) in [5, 5.41) is 0.626. The summed E-state index contributed by atoms with van der Waals surface area (Å²) in [6.07, 6.45) is 0. The molecule has 2 atom stereocenters. The van der Waals surface area contributed by atoms with Gasteiger partial charge in [0, 0.05) is 18.6 Å². The number of nitrogens with zero attached hydrogens (tertiary/aromatic N) is 1. The van der Waals surface area contributed by atoms with E-state index in [1.165, 1.54) is 0 Å². The van der Waals surface area contributed by atoms with Gasteiger partial charge in [-0.05, 0) is 31.5 Å². The van der Waals surface area contributed by atoms with E-state index in [1.54, 1.807) is 0 Å². The molecule has 1 aromatic rings. The van der Waals surface area contributed by atoms with Crippen LogP contribution in [0.3, 0.4) is 0 Å². The summed E-state index contributed by atoms with van der Waals surface area (Å²) in [7, 11) is -2.91. The molecule has 2 rings (SSSR count). The van der Waals surface area contributed by atoms with Crippen LogP contribution < -0.4 is 10.6 Å². The fraction of sp³-hybridized carbons (Fsp3) is 0.538. The Labute approximate surface area is 119 Å². The van der Waals surface area contributed by atoms with Crippen LogP contribution in [0.5, 0.6) is 0 Å². The van der Waals surface area contributed by atoms with Gasteiger partial charge in [-0.3, -0.25) is 0 Å². The summed E-state index contributed by atoms with van der Waals surface area (Å²) in [5.74, 6) is 0.362. The first-order valence-electron chi connectivity index (χ1n) is 6.32. The lowest BCUT2D eigenvalue weighted by atomic mass is 10.1. The van der Waals surface area contributed by atoms with Gasteiger partial charge in [-0.25, -0.2) is 8.42 Å². The summed E-state index contributed by atoms with van der Waals surface area (Å²) in [6, 6.07) is 5.61. The van der Waals surface area contributed by atoms with Crippen molar-refractivity contribution >= 4 is 27.1 Å². The number of benzene rings is 1. The van der Waals surface area contributed by atoms with Gasteiger partial charge in [0.05, 0.1) is 22.2 Å². The van der Waals surface area contributed by atoms with Crippen molar-refractivity contribution in [2.45, 2.75) is 25.9 Å². The first kappa shape index (κ1) is 14.6. The van der Waals surface area contributed by atoms with Crippen molar-refractivity contribution in [2.24, 2.45) is 5.73 Å². The lowest BCUT2D eigenvalue weighted by Crippen LogP contribution is -2.47.